The van der Waals surface area contributed by atoms with Crippen LogP contribution in [0.5, 0.6) is 17.4 Å². The van der Waals surface area contributed by atoms with E-state index in [0.717, 1.165) is 0 Å². The minimum atomic E-state index is -0.767. The van der Waals surface area contributed by atoms with Crippen molar-refractivity contribution >= 4 is 23.3 Å². The molecule has 1 unspecified atom stereocenters. The van der Waals surface area contributed by atoms with Crippen molar-refractivity contribution in [3.8, 4) is 17.4 Å². The van der Waals surface area contributed by atoms with E-state index in [1.165, 1.54) is 12.4 Å². The Morgan fingerprint density at radius 2 is 1.93 bits per heavy atom. The fourth-order valence-electron chi connectivity index (χ4n) is 2.55. The lowest BCUT2D eigenvalue weighted by Gasteiger charge is -2.12. The van der Waals surface area contributed by atoms with Gasteiger partial charge in [0, 0.05) is 11.4 Å². The number of carbonyl (C=O) groups excluding carboxylic acids is 1. The third kappa shape index (κ3) is 6.17. The first kappa shape index (κ1) is 20.6. The Bertz CT molecular complexity index is 949. The predicted molar refractivity (Wildman–Crippen MR) is 109 cm³/mol. The van der Waals surface area contributed by atoms with Crippen LogP contribution in [0.25, 0.3) is 0 Å². The molecule has 0 bridgehead atoms. The zero-order valence-corrected chi connectivity index (χ0v) is 16.5. The van der Waals surface area contributed by atoms with Gasteiger partial charge in [0.2, 0.25) is 11.8 Å². The van der Waals surface area contributed by atoms with Crippen LogP contribution in [-0.4, -0.2) is 28.1 Å². The zero-order valence-electron chi connectivity index (χ0n) is 15.7. The van der Waals surface area contributed by atoms with E-state index in [1.54, 1.807) is 55.6 Å². The Labute approximate surface area is 173 Å². The van der Waals surface area contributed by atoms with Crippen molar-refractivity contribution in [2.75, 3.05) is 12.4 Å². The number of rotatable bonds is 8. The summed E-state index contributed by atoms with van der Waals surface area (Å²) in [5.41, 5.74) is 0.695. The van der Waals surface area contributed by atoms with E-state index in [4.69, 9.17) is 21.1 Å². The molecule has 0 aliphatic rings. The van der Waals surface area contributed by atoms with Gasteiger partial charge >= 0.3 is 0 Å². The van der Waals surface area contributed by atoms with E-state index in [2.05, 4.69) is 15.3 Å². The van der Waals surface area contributed by atoms with E-state index in [-0.39, 0.29) is 18.7 Å². The topological polar surface area (TPSA) is 93.6 Å². The number of amides is 1. The molecule has 3 aromatic rings. The molecule has 1 amide bonds. The molecule has 2 N–H and O–H groups in total. The first-order valence-corrected chi connectivity index (χ1v) is 9.28. The summed E-state index contributed by atoms with van der Waals surface area (Å²) in [6.45, 7) is 0. The van der Waals surface area contributed by atoms with Crippen LogP contribution >= 0.6 is 11.6 Å². The number of nitrogens with one attached hydrogen (secondary N) is 1. The highest BCUT2D eigenvalue weighted by Crippen LogP contribution is 2.23. The van der Waals surface area contributed by atoms with Gasteiger partial charge in [-0.1, -0.05) is 23.7 Å². The Kier molecular flexibility index (Phi) is 6.99. The minimum Gasteiger partial charge on any atom is -0.497 e. The van der Waals surface area contributed by atoms with Crippen molar-refractivity contribution in [2.24, 2.45) is 0 Å². The normalized spacial score (nSPS) is 11.6. The summed E-state index contributed by atoms with van der Waals surface area (Å²) in [6, 6.07) is 14.0. The smallest absolute Gasteiger partial charge is 0.237 e. The number of aliphatic hydroxyl groups excluding tert-OH is 1. The number of carbonyl (C=O) groups is 1. The third-order valence-corrected chi connectivity index (χ3v) is 4.31. The summed E-state index contributed by atoms with van der Waals surface area (Å²) in [6.07, 6.45) is 2.45. The molecule has 2 aromatic carbocycles. The maximum absolute atomic E-state index is 12.1. The fraction of sp³-hybridized carbons (Fsp3) is 0.190. The number of aliphatic hydroxyl groups is 1. The highest BCUT2D eigenvalue weighted by molar-refractivity contribution is 6.30. The number of halogens is 1. The molecule has 0 aliphatic carbocycles. The van der Waals surface area contributed by atoms with E-state index in [0.29, 0.717) is 33.8 Å². The standard InChI is InChI=1S/C21H20ClN3O4/c1-28-17-4-2-3-14(11-17)18(26)9-10-20(27)25-19-12-24-21(13-23-19)29-16-7-5-15(22)6-8-16/h2-8,11-13,18,26H,9-10H2,1H3,(H,23,25,27). The molecule has 0 spiro atoms. The number of aromatic nitrogens is 2. The van der Waals surface area contributed by atoms with Crippen LogP contribution in [0.2, 0.25) is 5.02 Å². The molecule has 29 heavy (non-hydrogen) atoms. The quantitative estimate of drug-likeness (QED) is 0.569. The molecule has 8 heteroatoms. The van der Waals surface area contributed by atoms with Gasteiger partial charge in [0.05, 0.1) is 25.6 Å². The molecular weight excluding hydrogens is 394 g/mol. The van der Waals surface area contributed by atoms with Crippen molar-refractivity contribution in [2.45, 2.75) is 18.9 Å². The van der Waals surface area contributed by atoms with Crippen molar-refractivity contribution < 1.29 is 19.4 Å². The molecule has 0 fully saturated rings. The molecule has 0 aliphatic heterocycles. The van der Waals surface area contributed by atoms with Gasteiger partial charge in [-0.2, -0.15) is 0 Å². The first-order chi connectivity index (χ1) is 14.0. The van der Waals surface area contributed by atoms with Crippen molar-refractivity contribution in [3.05, 3.63) is 71.5 Å². The average Bonchev–Trinajstić information content (AvgIpc) is 2.75. The van der Waals surface area contributed by atoms with Gasteiger partial charge in [0.1, 0.15) is 11.5 Å². The molecule has 1 aromatic heterocycles. The van der Waals surface area contributed by atoms with E-state index < -0.39 is 6.10 Å². The van der Waals surface area contributed by atoms with Gasteiger partial charge in [-0.05, 0) is 48.4 Å². The van der Waals surface area contributed by atoms with Crippen molar-refractivity contribution in [1.82, 2.24) is 9.97 Å². The number of ether oxygens (including phenoxy) is 2. The molecule has 1 heterocycles. The Balaban J connectivity index is 1.49. The van der Waals surface area contributed by atoms with Crippen LogP contribution in [0.4, 0.5) is 5.82 Å². The van der Waals surface area contributed by atoms with E-state index in [9.17, 15) is 9.90 Å². The lowest BCUT2D eigenvalue weighted by molar-refractivity contribution is -0.116. The average molecular weight is 414 g/mol. The number of methoxy groups -OCH3 is 1. The number of anilines is 1. The van der Waals surface area contributed by atoms with Crippen LogP contribution in [0.1, 0.15) is 24.5 Å². The molecule has 1 atom stereocenters. The number of hydrogen-bond acceptors (Lipinski definition) is 6. The minimum absolute atomic E-state index is 0.128. The van der Waals surface area contributed by atoms with Gasteiger partial charge in [0.25, 0.3) is 0 Å². The van der Waals surface area contributed by atoms with E-state index >= 15 is 0 Å². The monoisotopic (exact) mass is 413 g/mol. The SMILES string of the molecule is COc1cccc(C(O)CCC(=O)Nc2cnc(Oc3ccc(Cl)cc3)cn2)c1. The third-order valence-electron chi connectivity index (χ3n) is 4.06. The molecule has 7 nitrogen and oxygen atoms in total. The summed E-state index contributed by atoms with van der Waals surface area (Å²) in [4.78, 5) is 20.4. The predicted octanol–water partition coefficient (Wildman–Crippen LogP) is 4.38. The Morgan fingerprint density at radius 1 is 1.14 bits per heavy atom. The number of benzene rings is 2. The van der Waals surface area contributed by atoms with Crippen molar-refractivity contribution in [1.29, 1.82) is 0 Å². The Hall–Kier alpha value is -3.16. The highest BCUT2D eigenvalue weighted by atomic mass is 35.5. The van der Waals surface area contributed by atoms with Crippen molar-refractivity contribution in [3.63, 3.8) is 0 Å². The van der Waals surface area contributed by atoms with Crippen LogP contribution in [0.15, 0.2) is 60.9 Å². The number of hydrogen-bond donors (Lipinski definition) is 2. The molecule has 0 radical (unpaired) electrons. The summed E-state index contributed by atoms with van der Waals surface area (Å²) in [5, 5.41) is 13.5. The number of nitrogens with zero attached hydrogens (tertiary/aromatic N) is 2. The second kappa shape index (κ2) is 9.86. The van der Waals surface area contributed by atoms with Gasteiger partial charge < -0.3 is 19.9 Å². The molecule has 150 valence electrons. The fourth-order valence-corrected chi connectivity index (χ4v) is 2.67. The Morgan fingerprint density at radius 3 is 2.62 bits per heavy atom. The summed E-state index contributed by atoms with van der Waals surface area (Å²) in [5.74, 6) is 1.55. The second-order valence-corrected chi connectivity index (χ2v) is 6.61. The summed E-state index contributed by atoms with van der Waals surface area (Å²) < 4.78 is 10.7. The lowest BCUT2D eigenvalue weighted by atomic mass is 10.0. The van der Waals surface area contributed by atoms with Gasteiger partial charge in [-0.25, -0.2) is 9.97 Å². The molecular formula is C21H20ClN3O4. The maximum atomic E-state index is 12.1. The molecule has 0 saturated heterocycles. The van der Waals surface area contributed by atoms with Crippen LogP contribution in [0, 0.1) is 0 Å². The highest BCUT2D eigenvalue weighted by Gasteiger charge is 2.12. The second-order valence-electron chi connectivity index (χ2n) is 6.18. The van der Waals surface area contributed by atoms with Crippen LogP contribution in [0.3, 0.4) is 0 Å². The zero-order chi connectivity index (χ0) is 20.6. The molecule has 0 saturated carbocycles. The van der Waals surface area contributed by atoms with Gasteiger partial charge in [-0.15, -0.1) is 0 Å². The largest absolute Gasteiger partial charge is 0.497 e. The first-order valence-electron chi connectivity index (χ1n) is 8.91. The molecule has 3 rings (SSSR count). The van der Waals surface area contributed by atoms with Crippen LogP contribution < -0.4 is 14.8 Å². The van der Waals surface area contributed by atoms with E-state index in [1.807, 2.05) is 0 Å². The summed E-state index contributed by atoms with van der Waals surface area (Å²) in [7, 11) is 1.56. The van der Waals surface area contributed by atoms with Gasteiger partial charge in [0.15, 0.2) is 5.82 Å². The van der Waals surface area contributed by atoms with Gasteiger partial charge in [-0.3, -0.25) is 4.79 Å². The maximum Gasteiger partial charge on any atom is 0.237 e. The summed E-state index contributed by atoms with van der Waals surface area (Å²) >= 11 is 5.83. The van der Waals surface area contributed by atoms with Crippen LogP contribution in [-0.2, 0) is 4.79 Å². The lowest BCUT2D eigenvalue weighted by Crippen LogP contribution is -2.14.